The Balaban J connectivity index is 2.28. The highest BCUT2D eigenvalue weighted by atomic mass is 19.1. The van der Waals surface area contributed by atoms with E-state index in [0.29, 0.717) is 5.56 Å². The van der Waals surface area contributed by atoms with Gasteiger partial charge in [0, 0.05) is 5.56 Å². The summed E-state index contributed by atoms with van der Waals surface area (Å²) in [6.45, 7) is 0. The number of carboxylic acids is 1. The number of aliphatic carboxylic acids is 1. The van der Waals surface area contributed by atoms with Crippen molar-refractivity contribution in [1.82, 2.24) is 0 Å². The highest BCUT2D eigenvalue weighted by molar-refractivity contribution is 5.74. The fourth-order valence-corrected chi connectivity index (χ4v) is 1.56. The van der Waals surface area contributed by atoms with Gasteiger partial charge in [0.25, 0.3) is 0 Å². The Bertz CT molecular complexity index is 540. The Morgan fingerprint density at radius 2 is 1.67 bits per heavy atom. The Labute approximate surface area is 103 Å². The summed E-state index contributed by atoms with van der Waals surface area (Å²) in [6.07, 6.45) is -1.22. The van der Waals surface area contributed by atoms with Crippen molar-refractivity contribution in [2.24, 2.45) is 0 Å². The fraction of sp³-hybridized carbons (Fsp3) is 0.0714. The number of hydrogen-bond acceptors (Lipinski definition) is 2. The summed E-state index contributed by atoms with van der Waals surface area (Å²) in [5, 5.41) is 9.13. The van der Waals surface area contributed by atoms with Gasteiger partial charge >= 0.3 is 5.97 Å². The van der Waals surface area contributed by atoms with Crippen molar-refractivity contribution in [2.75, 3.05) is 0 Å². The molecular weight excluding hydrogens is 235 g/mol. The second kappa shape index (κ2) is 5.31. The van der Waals surface area contributed by atoms with Crippen LogP contribution in [0.1, 0.15) is 11.7 Å². The molecule has 0 aliphatic rings. The minimum absolute atomic E-state index is 0.0752. The third-order valence-corrected chi connectivity index (χ3v) is 2.41. The smallest absolute Gasteiger partial charge is 0.349 e. The number of ether oxygens (including phenoxy) is 1. The molecule has 18 heavy (non-hydrogen) atoms. The van der Waals surface area contributed by atoms with Crippen molar-refractivity contribution in [1.29, 1.82) is 0 Å². The molecule has 2 rings (SSSR count). The largest absolute Gasteiger partial charge is 0.478 e. The fourth-order valence-electron chi connectivity index (χ4n) is 1.56. The Hall–Kier alpha value is -2.36. The molecule has 0 amide bonds. The van der Waals surface area contributed by atoms with Crippen molar-refractivity contribution in [2.45, 2.75) is 6.10 Å². The third-order valence-electron chi connectivity index (χ3n) is 2.41. The summed E-state index contributed by atoms with van der Waals surface area (Å²) in [5.74, 6) is -1.82. The number of hydrogen-bond donors (Lipinski definition) is 1. The average Bonchev–Trinajstić information content (AvgIpc) is 2.38. The maximum atomic E-state index is 13.4. The van der Waals surface area contributed by atoms with E-state index in [1.165, 1.54) is 18.2 Å². The first kappa shape index (κ1) is 12.1. The average molecular weight is 246 g/mol. The van der Waals surface area contributed by atoms with Crippen molar-refractivity contribution < 1.29 is 19.0 Å². The molecule has 0 saturated carbocycles. The van der Waals surface area contributed by atoms with Crippen LogP contribution in [0.4, 0.5) is 4.39 Å². The van der Waals surface area contributed by atoms with Gasteiger partial charge in [0.1, 0.15) is 0 Å². The number of rotatable bonds is 4. The number of para-hydroxylation sites is 1. The third kappa shape index (κ3) is 2.66. The SMILES string of the molecule is O=C(O)[C@H](Oc1ccccc1F)c1ccccc1. The van der Waals surface area contributed by atoms with Crippen LogP contribution < -0.4 is 4.74 Å². The van der Waals surface area contributed by atoms with E-state index in [9.17, 15) is 9.18 Å². The highest BCUT2D eigenvalue weighted by Gasteiger charge is 2.22. The summed E-state index contributed by atoms with van der Waals surface area (Å²) in [5.41, 5.74) is 0.466. The molecule has 0 aliphatic heterocycles. The summed E-state index contributed by atoms with van der Waals surface area (Å²) < 4.78 is 18.6. The lowest BCUT2D eigenvalue weighted by Gasteiger charge is -2.15. The van der Waals surface area contributed by atoms with Crippen molar-refractivity contribution >= 4 is 5.97 Å². The lowest BCUT2D eigenvalue weighted by molar-refractivity contribution is -0.145. The van der Waals surface area contributed by atoms with Crippen LogP contribution in [0, 0.1) is 5.82 Å². The molecule has 0 fully saturated rings. The second-order valence-electron chi connectivity index (χ2n) is 3.68. The molecule has 1 N–H and O–H groups in total. The van der Waals surface area contributed by atoms with E-state index in [2.05, 4.69) is 0 Å². The quantitative estimate of drug-likeness (QED) is 0.901. The number of carbonyl (C=O) groups is 1. The Morgan fingerprint density at radius 3 is 2.28 bits per heavy atom. The van der Waals surface area contributed by atoms with Crippen LogP contribution in [-0.4, -0.2) is 11.1 Å². The molecular formula is C14H11FO3. The zero-order valence-corrected chi connectivity index (χ0v) is 9.42. The minimum Gasteiger partial charge on any atom is -0.478 e. The Kier molecular flexibility index (Phi) is 3.57. The Morgan fingerprint density at radius 1 is 1.06 bits per heavy atom. The number of benzene rings is 2. The van der Waals surface area contributed by atoms with E-state index in [0.717, 1.165) is 0 Å². The molecule has 0 spiro atoms. The highest BCUT2D eigenvalue weighted by Crippen LogP contribution is 2.24. The first-order chi connectivity index (χ1) is 8.68. The second-order valence-corrected chi connectivity index (χ2v) is 3.68. The van der Waals surface area contributed by atoms with Gasteiger partial charge < -0.3 is 9.84 Å². The van der Waals surface area contributed by atoms with Crippen LogP contribution in [0.25, 0.3) is 0 Å². The van der Waals surface area contributed by atoms with E-state index < -0.39 is 17.9 Å². The summed E-state index contributed by atoms with van der Waals surface area (Å²) >= 11 is 0. The molecule has 0 heterocycles. The van der Waals surface area contributed by atoms with Crippen LogP contribution >= 0.6 is 0 Å². The summed E-state index contributed by atoms with van der Waals surface area (Å²) in [7, 11) is 0. The van der Waals surface area contributed by atoms with Crippen molar-refractivity contribution in [3.8, 4) is 5.75 Å². The minimum atomic E-state index is -1.22. The lowest BCUT2D eigenvalue weighted by Crippen LogP contribution is -2.18. The van der Waals surface area contributed by atoms with E-state index in [1.807, 2.05) is 0 Å². The molecule has 2 aromatic rings. The number of carboxylic acid groups (broad SMARTS) is 1. The van der Waals surface area contributed by atoms with Crippen LogP contribution in [0.15, 0.2) is 54.6 Å². The van der Waals surface area contributed by atoms with E-state index in [4.69, 9.17) is 9.84 Å². The standard InChI is InChI=1S/C14H11FO3/c15-11-8-4-5-9-12(11)18-13(14(16)17)10-6-2-1-3-7-10/h1-9,13H,(H,16,17)/t13-/m1/s1. The van der Waals surface area contributed by atoms with E-state index in [-0.39, 0.29) is 5.75 Å². The first-order valence-electron chi connectivity index (χ1n) is 5.37. The van der Waals surface area contributed by atoms with Crippen LogP contribution in [-0.2, 0) is 4.79 Å². The molecule has 92 valence electrons. The van der Waals surface area contributed by atoms with E-state index >= 15 is 0 Å². The van der Waals surface area contributed by atoms with Gasteiger partial charge in [-0.3, -0.25) is 0 Å². The normalized spacial score (nSPS) is 11.8. The van der Waals surface area contributed by atoms with Gasteiger partial charge in [0.15, 0.2) is 11.6 Å². The van der Waals surface area contributed by atoms with Crippen LogP contribution in [0.2, 0.25) is 0 Å². The maximum absolute atomic E-state index is 13.4. The predicted octanol–water partition coefficient (Wildman–Crippen LogP) is 3.03. The molecule has 3 nitrogen and oxygen atoms in total. The van der Waals surface area contributed by atoms with Gasteiger partial charge in [-0.05, 0) is 12.1 Å². The molecule has 1 atom stereocenters. The van der Waals surface area contributed by atoms with E-state index in [1.54, 1.807) is 36.4 Å². The lowest BCUT2D eigenvalue weighted by atomic mass is 10.1. The molecule has 2 aromatic carbocycles. The van der Waals surface area contributed by atoms with Gasteiger partial charge in [0.05, 0.1) is 0 Å². The first-order valence-corrected chi connectivity index (χ1v) is 5.37. The van der Waals surface area contributed by atoms with Gasteiger partial charge in [-0.15, -0.1) is 0 Å². The summed E-state index contributed by atoms with van der Waals surface area (Å²) in [4.78, 5) is 11.2. The van der Waals surface area contributed by atoms with Crippen molar-refractivity contribution in [3.05, 3.63) is 66.0 Å². The zero-order chi connectivity index (χ0) is 13.0. The molecule has 0 aliphatic carbocycles. The van der Waals surface area contributed by atoms with Gasteiger partial charge in [0.2, 0.25) is 6.10 Å². The molecule has 4 heteroatoms. The molecule has 0 saturated heterocycles. The van der Waals surface area contributed by atoms with Crippen LogP contribution in [0.5, 0.6) is 5.75 Å². The van der Waals surface area contributed by atoms with Gasteiger partial charge in [-0.1, -0.05) is 42.5 Å². The van der Waals surface area contributed by atoms with Crippen molar-refractivity contribution in [3.63, 3.8) is 0 Å². The number of halogens is 1. The van der Waals surface area contributed by atoms with Gasteiger partial charge in [-0.25, -0.2) is 9.18 Å². The molecule has 0 radical (unpaired) electrons. The maximum Gasteiger partial charge on any atom is 0.349 e. The monoisotopic (exact) mass is 246 g/mol. The zero-order valence-electron chi connectivity index (χ0n) is 9.42. The molecule has 0 bridgehead atoms. The molecule has 0 aromatic heterocycles. The summed E-state index contributed by atoms with van der Waals surface area (Å²) in [6, 6.07) is 14.1. The molecule has 0 unspecified atom stereocenters. The topological polar surface area (TPSA) is 46.5 Å². The predicted molar refractivity (Wildman–Crippen MR) is 63.8 cm³/mol. The van der Waals surface area contributed by atoms with Gasteiger partial charge in [-0.2, -0.15) is 0 Å². The van der Waals surface area contributed by atoms with Crippen LogP contribution in [0.3, 0.4) is 0 Å².